The van der Waals surface area contributed by atoms with Gasteiger partial charge in [-0.15, -0.1) is 0 Å². The first-order valence-corrected chi connectivity index (χ1v) is 10.9. The fourth-order valence-electron chi connectivity index (χ4n) is 3.79. The molecular formula is C24H22ClF4NO5. The van der Waals surface area contributed by atoms with Crippen LogP contribution in [0.4, 0.5) is 17.6 Å². The molecule has 1 aromatic heterocycles. The molecule has 0 amide bonds. The van der Waals surface area contributed by atoms with E-state index in [9.17, 15) is 37.4 Å². The molecule has 0 spiro atoms. The Morgan fingerprint density at radius 2 is 1.89 bits per heavy atom. The van der Waals surface area contributed by atoms with Crippen LogP contribution in [0.15, 0.2) is 41.3 Å². The normalized spacial score (nSPS) is 12.8. The number of halogens is 5. The molecule has 188 valence electrons. The molecule has 0 fully saturated rings. The molecule has 6 nitrogen and oxygen atoms in total. The molecule has 11 heteroatoms. The van der Waals surface area contributed by atoms with Crippen molar-refractivity contribution in [3.05, 3.63) is 74.3 Å². The van der Waals surface area contributed by atoms with Gasteiger partial charge in [-0.2, -0.15) is 13.2 Å². The molecule has 0 bridgehead atoms. The monoisotopic (exact) mass is 515 g/mol. The lowest BCUT2D eigenvalue weighted by Crippen LogP contribution is -2.26. The molecule has 0 aliphatic rings. The van der Waals surface area contributed by atoms with Gasteiger partial charge in [0.15, 0.2) is 6.61 Å². The van der Waals surface area contributed by atoms with Crippen LogP contribution in [0.1, 0.15) is 41.4 Å². The molecule has 0 unspecified atom stereocenters. The number of carboxylic acids is 1. The topological polar surface area (TPSA) is 88.8 Å². The number of carboxylic acid groups (broad SMARTS) is 1. The lowest BCUT2D eigenvalue weighted by molar-refractivity contribution is -0.153. The summed E-state index contributed by atoms with van der Waals surface area (Å²) in [7, 11) is 0. The maximum atomic E-state index is 14.5. The van der Waals surface area contributed by atoms with E-state index in [1.807, 2.05) is 0 Å². The number of nitrogens with zero attached hydrogens (tertiary/aromatic N) is 1. The number of hydrogen-bond acceptors (Lipinski definition) is 4. The number of pyridine rings is 1. The Balaban J connectivity index is 2.34. The first-order chi connectivity index (χ1) is 16.3. The van der Waals surface area contributed by atoms with Gasteiger partial charge in [0.1, 0.15) is 17.1 Å². The SMILES string of the molecule is CC(C)[C@@H](CO)n1cc(C(=O)O)c(=O)c2cc(Cc3cccc(Cl)c3F)c(OCC(F)(F)F)cc21. The van der Waals surface area contributed by atoms with E-state index >= 15 is 0 Å². The van der Waals surface area contributed by atoms with Crippen molar-refractivity contribution in [2.45, 2.75) is 32.5 Å². The smallest absolute Gasteiger partial charge is 0.422 e. The maximum absolute atomic E-state index is 14.5. The van der Waals surface area contributed by atoms with Crippen LogP contribution in [0.25, 0.3) is 10.9 Å². The number of alkyl halides is 3. The summed E-state index contributed by atoms with van der Waals surface area (Å²) in [4.78, 5) is 24.7. The van der Waals surface area contributed by atoms with Crippen LogP contribution in [0.3, 0.4) is 0 Å². The molecular weight excluding hydrogens is 494 g/mol. The van der Waals surface area contributed by atoms with Crippen molar-refractivity contribution in [1.82, 2.24) is 4.57 Å². The molecule has 35 heavy (non-hydrogen) atoms. The van der Waals surface area contributed by atoms with E-state index in [4.69, 9.17) is 16.3 Å². The summed E-state index contributed by atoms with van der Waals surface area (Å²) < 4.78 is 59.7. The van der Waals surface area contributed by atoms with Crippen LogP contribution in [-0.2, 0) is 6.42 Å². The lowest BCUT2D eigenvalue weighted by atomic mass is 9.98. The number of fused-ring (bicyclic) bond motifs is 1. The van der Waals surface area contributed by atoms with Crippen LogP contribution in [0.5, 0.6) is 5.75 Å². The zero-order valence-corrected chi connectivity index (χ0v) is 19.5. The first kappa shape index (κ1) is 26.5. The third-order valence-electron chi connectivity index (χ3n) is 5.56. The van der Waals surface area contributed by atoms with Gasteiger partial charge in [-0.25, -0.2) is 9.18 Å². The minimum Gasteiger partial charge on any atom is -0.484 e. The van der Waals surface area contributed by atoms with Crippen LogP contribution < -0.4 is 10.2 Å². The highest BCUT2D eigenvalue weighted by Crippen LogP contribution is 2.32. The number of aliphatic hydroxyl groups is 1. The van der Waals surface area contributed by atoms with Crippen molar-refractivity contribution in [2.24, 2.45) is 5.92 Å². The van der Waals surface area contributed by atoms with Crippen molar-refractivity contribution in [1.29, 1.82) is 0 Å². The summed E-state index contributed by atoms with van der Waals surface area (Å²) in [5.74, 6) is -2.79. The van der Waals surface area contributed by atoms with E-state index in [0.717, 1.165) is 6.20 Å². The van der Waals surface area contributed by atoms with E-state index in [-0.39, 0.29) is 45.1 Å². The van der Waals surface area contributed by atoms with Crippen LogP contribution >= 0.6 is 11.6 Å². The minimum atomic E-state index is -4.67. The number of aromatic nitrogens is 1. The number of rotatable bonds is 8. The highest BCUT2D eigenvalue weighted by atomic mass is 35.5. The van der Waals surface area contributed by atoms with Crippen LogP contribution in [0, 0.1) is 11.7 Å². The van der Waals surface area contributed by atoms with Gasteiger partial charge in [-0.3, -0.25) is 4.79 Å². The number of aliphatic hydroxyl groups excluding tert-OH is 1. The largest absolute Gasteiger partial charge is 0.484 e. The Morgan fingerprint density at radius 3 is 2.46 bits per heavy atom. The van der Waals surface area contributed by atoms with Gasteiger partial charge in [0, 0.05) is 24.1 Å². The Kier molecular flexibility index (Phi) is 7.76. The number of benzene rings is 2. The Bertz CT molecular complexity index is 1320. The summed E-state index contributed by atoms with van der Waals surface area (Å²) in [6.45, 7) is 1.43. The molecule has 0 saturated carbocycles. The predicted molar refractivity (Wildman–Crippen MR) is 122 cm³/mol. The fourth-order valence-corrected chi connectivity index (χ4v) is 3.98. The van der Waals surface area contributed by atoms with E-state index in [1.54, 1.807) is 13.8 Å². The second kappa shape index (κ2) is 10.2. The van der Waals surface area contributed by atoms with Gasteiger partial charge in [-0.1, -0.05) is 37.6 Å². The van der Waals surface area contributed by atoms with Crippen molar-refractivity contribution in [3.63, 3.8) is 0 Å². The van der Waals surface area contributed by atoms with Crippen molar-refractivity contribution >= 4 is 28.5 Å². The Hall–Kier alpha value is -3.11. The van der Waals surface area contributed by atoms with E-state index < -0.39 is 48.2 Å². The quantitative estimate of drug-likeness (QED) is 0.402. The fraction of sp³-hybridized carbons (Fsp3) is 0.333. The highest BCUT2D eigenvalue weighted by molar-refractivity contribution is 6.30. The Labute approximate surface area is 202 Å². The van der Waals surface area contributed by atoms with Gasteiger partial charge < -0.3 is 19.5 Å². The summed E-state index contributed by atoms with van der Waals surface area (Å²) in [5, 5.41) is 19.1. The zero-order valence-electron chi connectivity index (χ0n) is 18.7. The third-order valence-corrected chi connectivity index (χ3v) is 5.85. The molecule has 2 N–H and O–H groups in total. The predicted octanol–water partition coefficient (Wildman–Crippen LogP) is 5.21. The lowest BCUT2D eigenvalue weighted by Gasteiger charge is -2.25. The first-order valence-electron chi connectivity index (χ1n) is 10.5. The van der Waals surface area contributed by atoms with E-state index in [2.05, 4.69) is 0 Å². The zero-order chi connectivity index (χ0) is 26.1. The molecule has 1 heterocycles. The molecule has 0 saturated heterocycles. The molecule has 0 radical (unpaired) electrons. The number of hydrogen-bond donors (Lipinski definition) is 2. The second-order valence-electron chi connectivity index (χ2n) is 8.35. The van der Waals surface area contributed by atoms with Crippen LogP contribution in [-0.4, -0.2) is 40.1 Å². The van der Waals surface area contributed by atoms with Gasteiger partial charge in [0.2, 0.25) is 5.43 Å². The van der Waals surface area contributed by atoms with Gasteiger partial charge in [0.05, 0.1) is 23.2 Å². The maximum Gasteiger partial charge on any atom is 0.422 e. The second-order valence-corrected chi connectivity index (χ2v) is 8.76. The van der Waals surface area contributed by atoms with Crippen molar-refractivity contribution < 1.29 is 37.3 Å². The number of aromatic carboxylic acids is 1. The molecule has 2 aromatic carbocycles. The number of carbonyl (C=O) groups is 1. The standard InChI is InChI=1S/C24H22ClF4NO5/c1-12(2)19(10-31)30-9-16(23(33)34)22(32)15-7-14(6-13-4-3-5-17(25)21(13)26)20(8-18(15)30)35-11-24(27,28)29/h3-5,7-9,12,19,31H,6,10-11H2,1-2H3,(H,33,34)/t19-/m1/s1. The molecule has 0 aliphatic heterocycles. The summed E-state index contributed by atoms with van der Waals surface area (Å²) in [6, 6.07) is 5.83. The molecule has 3 rings (SSSR count). The summed E-state index contributed by atoms with van der Waals surface area (Å²) >= 11 is 5.82. The van der Waals surface area contributed by atoms with Crippen molar-refractivity contribution in [3.8, 4) is 5.75 Å². The average molecular weight is 516 g/mol. The van der Waals surface area contributed by atoms with Crippen LogP contribution in [0.2, 0.25) is 5.02 Å². The minimum absolute atomic E-state index is 0.0270. The molecule has 0 aliphatic carbocycles. The molecule has 3 aromatic rings. The van der Waals surface area contributed by atoms with Crippen molar-refractivity contribution in [2.75, 3.05) is 13.2 Å². The average Bonchev–Trinajstić information content (AvgIpc) is 2.76. The molecule has 1 atom stereocenters. The van der Waals surface area contributed by atoms with E-state index in [1.165, 1.54) is 34.9 Å². The highest BCUT2D eigenvalue weighted by Gasteiger charge is 2.30. The van der Waals surface area contributed by atoms with Gasteiger partial charge in [-0.05, 0) is 29.2 Å². The summed E-state index contributed by atoms with van der Waals surface area (Å²) in [6.07, 6.45) is -3.90. The van der Waals surface area contributed by atoms with E-state index in [0.29, 0.717) is 0 Å². The van der Waals surface area contributed by atoms with Gasteiger partial charge in [0.25, 0.3) is 0 Å². The summed E-state index contributed by atoms with van der Waals surface area (Å²) in [5.41, 5.74) is -1.32. The number of ether oxygens (including phenoxy) is 1. The Morgan fingerprint density at radius 1 is 1.20 bits per heavy atom. The van der Waals surface area contributed by atoms with Gasteiger partial charge >= 0.3 is 12.1 Å². The third kappa shape index (κ3) is 5.76.